The van der Waals surface area contributed by atoms with E-state index in [9.17, 15) is 14.0 Å². The molecule has 0 aliphatic heterocycles. The highest BCUT2D eigenvalue weighted by Crippen LogP contribution is 2.26. The predicted octanol–water partition coefficient (Wildman–Crippen LogP) is 3.52. The summed E-state index contributed by atoms with van der Waals surface area (Å²) in [5.74, 6) is -0.390. The molecule has 0 saturated carbocycles. The van der Waals surface area contributed by atoms with E-state index in [0.29, 0.717) is 11.3 Å². The summed E-state index contributed by atoms with van der Waals surface area (Å²) in [5.41, 5.74) is 5.69. The van der Waals surface area contributed by atoms with Gasteiger partial charge in [0.25, 0.3) is 5.91 Å². The first-order chi connectivity index (χ1) is 12.5. The number of benzene rings is 1. The number of amides is 3. The van der Waals surface area contributed by atoms with Crippen molar-refractivity contribution in [2.75, 3.05) is 0 Å². The highest BCUT2D eigenvalue weighted by Gasteiger charge is 2.19. The number of hydrogen-bond donors (Lipinski definition) is 3. The summed E-state index contributed by atoms with van der Waals surface area (Å²) in [5, 5.41) is 4.65. The Morgan fingerprint density at radius 2 is 1.88 bits per heavy atom. The number of nitrogens with one attached hydrogen (secondary N) is 3. The predicted molar refractivity (Wildman–Crippen MR) is 95.1 cm³/mol. The normalized spacial score (nSPS) is 11.6. The molecule has 0 saturated heterocycles. The van der Waals surface area contributed by atoms with Gasteiger partial charge in [0.15, 0.2) is 0 Å². The Morgan fingerprint density at radius 3 is 2.50 bits per heavy atom. The molecule has 0 radical (unpaired) electrons. The first-order valence-electron chi connectivity index (χ1n) is 7.74. The van der Waals surface area contributed by atoms with Crippen LogP contribution < -0.4 is 16.2 Å². The van der Waals surface area contributed by atoms with Gasteiger partial charge in [-0.25, -0.2) is 14.6 Å². The number of carbonyl (C=O) groups is 2. The molecule has 0 aliphatic rings. The fourth-order valence-electron chi connectivity index (χ4n) is 2.40. The number of urea groups is 1. The molecule has 1 atom stereocenters. The van der Waals surface area contributed by atoms with Crippen LogP contribution in [0, 0.1) is 12.7 Å². The molecule has 8 heteroatoms. The zero-order chi connectivity index (χ0) is 18.5. The minimum absolute atomic E-state index is 0.332. The van der Waals surface area contributed by atoms with Crippen LogP contribution in [0.5, 0.6) is 0 Å². The van der Waals surface area contributed by atoms with Crippen molar-refractivity contribution < 1.29 is 18.4 Å². The largest absolute Gasteiger partial charge is 0.469 e. The number of thiophene rings is 1. The lowest BCUT2D eigenvalue weighted by Gasteiger charge is -2.18. The highest BCUT2D eigenvalue weighted by atomic mass is 32.1. The van der Waals surface area contributed by atoms with Gasteiger partial charge in [-0.2, -0.15) is 0 Å². The molecule has 2 heterocycles. The number of hydrogen-bond acceptors (Lipinski definition) is 4. The van der Waals surface area contributed by atoms with Crippen LogP contribution in [0.4, 0.5) is 9.18 Å². The molecular weight excluding hydrogens is 357 g/mol. The molecule has 1 aromatic carbocycles. The van der Waals surface area contributed by atoms with Crippen molar-refractivity contribution in [3.63, 3.8) is 0 Å². The Balaban J connectivity index is 1.67. The van der Waals surface area contributed by atoms with E-state index in [4.69, 9.17) is 4.42 Å². The van der Waals surface area contributed by atoms with Gasteiger partial charge in [-0.05, 0) is 42.1 Å². The lowest BCUT2D eigenvalue weighted by atomic mass is 10.1. The van der Waals surface area contributed by atoms with Gasteiger partial charge >= 0.3 is 6.03 Å². The van der Waals surface area contributed by atoms with Crippen LogP contribution in [0.1, 0.15) is 32.6 Å². The number of hydrazine groups is 1. The lowest BCUT2D eigenvalue weighted by molar-refractivity contribution is 0.0934. The molecule has 3 rings (SSSR count). The fraction of sp³-hybridized carbons (Fsp3) is 0.111. The quantitative estimate of drug-likeness (QED) is 0.612. The van der Waals surface area contributed by atoms with Crippen LogP contribution >= 0.6 is 11.3 Å². The Kier molecular flexibility index (Phi) is 5.33. The summed E-state index contributed by atoms with van der Waals surface area (Å²) >= 11 is 1.46. The van der Waals surface area contributed by atoms with Crippen molar-refractivity contribution in [1.82, 2.24) is 16.2 Å². The van der Waals surface area contributed by atoms with Crippen LogP contribution in [0.3, 0.4) is 0 Å². The monoisotopic (exact) mass is 373 g/mol. The lowest BCUT2D eigenvalue weighted by Crippen LogP contribution is -2.48. The molecule has 26 heavy (non-hydrogen) atoms. The molecule has 3 aromatic rings. The molecule has 3 amide bonds. The SMILES string of the molecule is Cc1occc1C(=O)NNC(=O)N[C@@H](c1ccc(F)cc1)c1cccs1. The van der Waals surface area contributed by atoms with Gasteiger partial charge in [0.2, 0.25) is 0 Å². The van der Waals surface area contributed by atoms with Crippen molar-refractivity contribution in [3.8, 4) is 0 Å². The van der Waals surface area contributed by atoms with Gasteiger partial charge in [-0.15, -0.1) is 11.3 Å². The van der Waals surface area contributed by atoms with Crippen LogP contribution in [0.15, 0.2) is 58.5 Å². The Morgan fingerprint density at radius 1 is 1.12 bits per heavy atom. The van der Waals surface area contributed by atoms with E-state index < -0.39 is 18.0 Å². The van der Waals surface area contributed by atoms with Gasteiger partial charge in [0, 0.05) is 4.88 Å². The standard InChI is InChI=1S/C18H16FN3O3S/c1-11-14(8-9-25-11)17(23)21-22-18(24)20-16(15-3-2-10-26-15)12-4-6-13(19)7-5-12/h2-10,16H,1H3,(H,21,23)(H2,20,22,24)/t16-/m0/s1. The maximum absolute atomic E-state index is 13.2. The zero-order valence-electron chi connectivity index (χ0n) is 13.8. The van der Waals surface area contributed by atoms with Gasteiger partial charge in [-0.1, -0.05) is 18.2 Å². The molecule has 134 valence electrons. The van der Waals surface area contributed by atoms with E-state index >= 15 is 0 Å². The van der Waals surface area contributed by atoms with Crippen LogP contribution in [-0.2, 0) is 0 Å². The molecule has 6 nitrogen and oxygen atoms in total. The maximum atomic E-state index is 13.2. The smallest absolute Gasteiger partial charge is 0.334 e. The molecular formula is C18H16FN3O3S. The van der Waals surface area contributed by atoms with Gasteiger partial charge in [0.05, 0.1) is 17.9 Å². The molecule has 0 aliphatic carbocycles. The second kappa shape index (κ2) is 7.83. The molecule has 2 aromatic heterocycles. The minimum Gasteiger partial charge on any atom is -0.469 e. The number of rotatable bonds is 4. The summed E-state index contributed by atoms with van der Waals surface area (Å²) in [7, 11) is 0. The molecule has 3 N–H and O–H groups in total. The van der Waals surface area contributed by atoms with Crippen molar-refractivity contribution in [1.29, 1.82) is 0 Å². The van der Waals surface area contributed by atoms with Crippen molar-refractivity contribution in [3.05, 3.63) is 81.7 Å². The maximum Gasteiger partial charge on any atom is 0.334 e. The van der Waals surface area contributed by atoms with Gasteiger partial charge < -0.3 is 9.73 Å². The third kappa shape index (κ3) is 4.09. The Labute approximate surface area is 153 Å². The second-order valence-corrected chi connectivity index (χ2v) is 6.42. The first-order valence-corrected chi connectivity index (χ1v) is 8.62. The average Bonchev–Trinajstić information content (AvgIpc) is 3.30. The van der Waals surface area contributed by atoms with Crippen LogP contribution in [-0.4, -0.2) is 11.9 Å². The number of carbonyl (C=O) groups excluding carboxylic acids is 2. The van der Waals surface area contributed by atoms with Crippen molar-refractivity contribution in [2.45, 2.75) is 13.0 Å². The summed E-state index contributed by atoms with van der Waals surface area (Å²) in [6, 6.07) is 10.0. The van der Waals surface area contributed by atoms with E-state index in [0.717, 1.165) is 10.4 Å². The van der Waals surface area contributed by atoms with Gasteiger partial charge in [-0.3, -0.25) is 10.2 Å². The zero-order valence-corrected chi connectivity index (χ0v) is 14.6. The third-order valence-electron chi connectivity index (χ3n) is 3.70. The summed E-state index contributed by atoms with van der Waals surface area (Å²) in [6.45, 7) is 1.65. The van der Waals surface area contributed by atoms with E-state index in [1.165, 1.54) is 35.8 Å². The fourth-order valence-corrected chi connectivity index (χ4v) is 3.20. The second-order valence-electron chi connectivity index (χ2n) is 5.44. The highest BCUT2D eigenvalue weighted by molar-refractivity contribution is 7.10. The summed E-state index contributed by atoms with van der Waals surface area (Å²) in [6.07, 6.45) is 1.39. The molecule has 0 spiro atoms. The van der Waals surface area contributed by atoms with E-state index in [-0.39, 0.29) is 5.82 Å². The number of furan rings is 1. The van der Waals surface area contributed by atoms with Crippen molar-refractivity contribution in [2.24, 2.45) is 0 Å². The van der Waals surface area contributed by atoms with E-state index in [1.54, 1.807) is 19.1 Å². The van der Waals surface area contributed by atoms with E-state index in [2.05, 4.69) is 16.2 Å². The first kappa shape index (κ1) is 17.7. The minimum atomic E-state index is -0.595. The number of halogens is 1. The molecule has 0 fully saturated rings. The summed E-state index contributed by atoms with van der Waals surface area (Å²) in [4.78, 5) is 25.1. The average molecular weight is 373 g/mol. The van der Waals surface area contributed by atoms with Gasteiger partial charge in [0.1, 0.15) is 11.6 Å². The molecule has 0 bridgehead atoms. The van der Waals surface area contributed by atoms with Crippen molar-refractivity contribution >= 4 is 23.3 Å². The van der Waals surface area contributed by atoms with Crippen LogP contribution in [0.25, 0.3) is 0 Å². The number of aryl methyl sites for hydroxylation is 1. The summed E-state index contributed by atoms with van der Waals surface area (Å²) < 4.78 is 18.2. The van der Waals surface area contributed by atoms with Crippen LogP contribution in [0.2, 0.25) is 0 Å². The Hall–Kier alpha value is -3.13. The third-order valence-corrected chi connectivity index (χ3v) is 4.64. The Bertz CT molecular complexity index is 891. The topological polar surface area (TPSA) is 83.4 Å². The van der Waals surface area contributed by atoms with E-state index in [1.807, 2.05) is 17.5 Å². The molecule has 0 unspecified atom stereocenters.